The molecule has 0 N–H and O–H groups in total. The van der Waals surface area contributed by atoms with Crippen molar-refractivity contribution in [1.82, 2.24) is 0 Å². The van der Waals surface area contributed by atoms with Gasteiger partial charge in [0.15, 0.2) is 5.82 Å². The predicted octanol–water partition coefficient (Wildman–Crippen LogP) is 3.89. The van der Waals surface area contributed by atoms with Gasteiger partial charge in [0.1, 0.15) is 12.0 Å². The maximum atomic E-state index is 12.7. The number of unbranched alkanes of at least 4 members (excludes halogenated alkanes) is 1. The summed E-state index contributed by atoms with van der Waals surface area (Å²) in [5.41, 5.74) is -0.0413. The lowest BCUT2D eigenvalue weighted by Gasteiger charge is -2.21. The van der Waals surface area contributed by atoms with E-state index in [-0.39, 0.29) is 11.2 Å². The fourth-order valence-electron chi connectivity index (χ4n) is 1.41. The van der Waals surface area contributed by atoms with Crippen LogP contribution >= 0.6 is 0 Å². The van der Waals surface area contributed by atoms with Crippen molar-refractivity contribution in [2.75, 3.05) is 0 Å². The summed E-state index contributed by atoms with van der Waals surface area (Å²) in [6.45, 7) is 6.32. The molecule has 0 fully saturated rings. The van der Waals surface area contributed by atoms with Gasteiger partial charge < -0.3 is 4.42 Å². The van der Waals surface area contributed by atoms with Crippen molar-refractivity contribution in [2.24, 2.45) is 0 Å². The standard InChI is InChI=1S/C11H17FO/c1-4-5-6-11(2,3)10-7-9(12)8-13-10/h7-8H,4-6H2,1-3H3. The van der Waals surface area contributed by atoms with Gasteiger partial charge in [-0.25, -0.2) is 4.39 Å². The third kappa shape index (κ3) is 2.58. The minimum absolute atomic E-state index is 0.0413. The van der Waals surface area contributed by atoms with Gasteiger partial charge >= 0.3 is 0 Å². The van der Waals surface area contributed by atoms with E-state index in [2.05, 4.69) is 20.8 Å². The molecule has 0 atom stereocenters. The Labute approximate surface area is 78.9 Å². The molecule has 0 aromatic carbocycles. The van der Waals surface area contributed by atoms with Crippen LogP contribution < -0.4 is 0 Å². The van der Waals surface area contributed by atoms with Crippen molar-refractivity contribution in [1.29, 1.82) is 0 Å². The molecule has 0 aliphatic rings. The Hall–Kier alpha value is -0.790. The third-order valence-corrected chi connectivity index (χ3v) is 2.39. The maximum Gasteiger partial charge on any atom is 0.161 e. The monoisotopic (exact) mass is 184 g/mol. The van der Waals surface area contributed by atoms with Crippen LogP contribution in [0.3, 0.4) is 0 Å². The van der Waals surface area contributed by atoms with Crippen LogP contribution in [-0.2, 0) is 5.41 Å². The van der Waals surface area contributed by atoms with Crippen LogP contribution in [0.15, 0.2) is 16.7 Å². The van der Waals surface area contributed by atoms with E-state index in [1.807, 2.05) is 0 Å². The van der Waals surface area contributed by atoms with E-state index in [4.69, 9.17) is 4.42 Å². The summed E-state index contributed by atoms with van der Waals surface area (Å²) in [5, 5.41) is 0. The molecule has 74 valence electrons. The quantitative estimate of drug-likeness (QED) is 0.692. The summed E-state index contributed by atoms with van der Waals surface area (Å²) in [6, 6.07) is 1.48. The molecular weight excluding hydrogens is 167 g/mol. The average Bonchev–Trinajstić information content (AvgIpc) is 2.49. The summed E-state index contributed by atoms with van der Waals surface area (Å²) in [4.78, 5) is 0. The average molecular weight is 184 g/mol. The van der Waals surface area contributed by atoms with Gasteiger partial charge in [0.2, 0.25) is 0 Å². The van der Waals surface area contributed by atoms with E-state index in [1.165, 1.54) is 12.3 Å². The van der Waals surface area contributed by atoms with Crippen LogP contribution in [0, 0.1) is 5.82 Å². The van der Waals surface area contributed by atoms with Gasteiger partial charge in [-0.3, -0.25) is 0 Å². The lowest BCUT2D eigenvalue weighted by atomic mass is 9.85. The molecule has 0 unspecified atom stereocenters. The summed E-state index contributed by atoms with van der Waals surface area (Å²) in [7, 11) is 0. The fourth-order valence-corrected chi connectivity index (χ4v) is 1.41. The highest BCUT2D eigenvalue weighted by atomic mass is 19.1. The van der Waals surface area contributed by atoms with Crippen LogP contribution in [0.2, 0.25) is 0 Å². The van der Waals surface area contributed by atoms with Crippen molar-refractivity contribution in [3.05, 3.63) is 23.9 Å². The van der Waals surface area contributed by atoms with Gasteiger partial charge in [-0.05, 0) is 6.42 Å². The first-order chi connectivity index (χ1) is 6.06. The van der Waals surface area contributed by atoms with Crippen molar-refractivity contribution < 1.29 is 8.81 Å². The number of hydrogen-bond acceptors (Lipinski definition) is 1. The number of furan rings is 1. The van der Waals surface area contributed by atoms with E-state index >= 15 is 0 Å². The second-order valence-corrected chi connectivity index (χ2v) is 4.12. The Kier molecular flexibility index (Phi) is 3.12. The summed E-state index contributed by atoms with van der Waals surface area (Å²) in [5.74, 6) is 0.470. The van der Waals surface area contributed by atoms with Crippen LogP contribution in [-0.4, -0.2) is 0 Å². The van der Waals surface area contributed by atoms with E-state index in [9.17, 15) is 4.39 Å². The lowest BCUT2D eigenvalue weighted by molar-refractivity contribution is 0.355. The Morgan fingerprint density at radius 1 is 1.46 bits per heavy atom. The van der Waals surface area contributed by atoms with Gasteiger partial charge in [-0.2, -0.15) is 0 Å². The highest BCUT2D eigenvalue weighted by Gasteiger charge is 2.23. The Bertz CT molecular complexity index is 263. The Morgan fingerprint density at radius 3 is 2.62 bits per heavy atom. The molecule has 1 aromatic rings. The molecule has 0 aliphatic heterocycles. The molecule has 1 rings (SSSR count). The smallest absolute Gasteiger partial charge is 0.161 e. The Morgan fingerprint density at radius 2 is 2.15 bits per heavy atom. The molecular formula is C11H17FO. The molecule has 0 spiro atoms. The van der Waals surface area contributed by atoms with Crippen molar-refractivity contribution >= 4 is 0 Å². The highest BCUT2D eigenvalue weighted by molar-refractivity contribution is 5.11. The Balaban J connectivity index is 2.68. The zero-order valence-corrected chi connectivity index (χ0v) is 8.56. The van der Waals surface area contributed by atoms with E-state index in [0.29, 0.717) is 0 Å². The normalized spacial score (nSPS) is 12.0. The molecule has 0 bridgehead atoms. The molecule has 1 aromatic heterocycles. The predicted molar refractivity (Wildman–Crippen MR) is 51.2 cm³/mol. The highest BCUT2D eigenvalue weighted by Crippen LogP contribution is 2.29. The first-order valence-electron chi connectivity index (χ1n) is 4.81. The molecule has 0 saturated carbocycles. The zero-order chi connectivity index (χ0) is 9.90. The molecule has 0 radical (unpaired) electrons. The molecule has 2 heteroatoms. The fraction of sp³-hybridized carbons (Fsp3) is 0.636. The van der Waals surface area contributed by atoms with Crippen LogP contribution in [0.5, 0.6) is 0 Å². The van der Waals surface area contributed by atoms with Gasteiger partial charge in [-0.1, -0.05) is 33.6 Å². The molecule has 0 amide bonds. The van der Waals surface area contributed by atoms with E-state index in [0.717, 1.165) is 25.0 Å². The van der Waals surface area contributed by atoms with Crippen LogP contribution in [0.25, 0.3) is 0 Å². The minimum atomic E-state index is -0.278. The van der Waals surface area contributed by atoms with Crippen LogP contribution in [0.1, 0.15) is 45.8 Å². The van der Waals surface area contributed by atoms with E-state index < -0.39 is 0 Å². The zero-order valence-electron chi connectivity index (χ0n) is 8.56. The second-order valence-electron chi connectivity index (χ2n) is 4.12. The summed E-state index contributed by atoms with van der Waals surface area (Å²) < 4.78 is 17.8. The van der Waals surface area contributed by atoms with Gasteiger partial charge in [0.05, 0.1) is 0 Å². The molecule has 13 heavy (non-hydrogen) atoms. The summed E-state index contributed by atoms with van der Waals surface area (Å²) >= 11 is 0. The van der Waals surface area contributed by atoms with Gasteiger partial charge in [0.25, 0.3) is 0 Å². The minimum Gasteiger partial charge on any atom is -0.466 e. The maximum absolute atomic E-state index is 12.7. The second kappa shape index (κ2) is 3.95. The lowest BCUT2D eigenvalue weighted by Crippen LogP contribution is -2.15. The molecule has 1 heterocycles. The molecule has 0 aliphatic carbocycles. The number of hydrogen-bond donors (Lipinski definition) is 0. The van der Waals surface area contributed by atoms with Crippen molar-refractivity contribution in [3.8, 4) is 0 Å². The largest absolute Gasteiger partial charge is 0.466 e. The first kappa shape index (κ1) is 10.3. The van der Waals surface area contributed by atoms with Gasteiger partial charge in [-0.15, -0.1) is 0 Å². The number of rotatable bonds is 4. The first-order valence-corrected chi connectivity index (χ1v) is 4.81. The van der Waals surface area contributed by atoms with Gasteiger partial charge in [0, 0.05) is 11.5 Å². The third-order valence-electron chi connectivity index (χ3n) is 2.39. The van der Waals surface area contributed by atoms with Crippen LogP contribution in [0.4, 0.5) is 4.39 Å². The SMILES string of the molecule is CCCCC(C)(C)c1cc(F)co1. The van der Waals surface area contributed by atoms with Crippen molar-refractivity contribution in [2.45, 2.75) is 45.4 Å². The van der Waals surface area contributed by atoms with E-state index in [1.54, 1.807) is 0 Å². The molecule has 0 saturated heterocycles. The number of halogens is 1. The summed E-state index contributed by atoms with van der Waals surface area (Å²) in [6.07, 6.45) is 4.52. The topological polar surface area (TPSA) is 13.1 Å². The van der Waals surface area contributed by atoms with Crippen molar-refractivity contribution in [3.63, 3.8) is 0 Å². The molecule has 1 nitrogen and oxygen atoms in total.